The third kappa shape index (κ3) is 3.65. The highest BCUT2D eigenvalue weighted by atomic mass is 79.9. The van der Waals surface area contributed by atoms with Crippen molar-refractivity contribution < 1.29 is 4.79 Å². The maximum atomic E-state index is 12.0. The molecule has 0 aliphatic rings. The van der Waals surface area contributed by atoms with Gasteiger partial charge in [0.25, 0.3) is 5.91 Å². The van der Waals surface area contributed by atoms with Gasteiger partial charge in [0.15, 0.2) is 0 Å². The first kappa shape index (κ1) is 13.8. The van der Waals surface area contributed by atoms with Gasteiger partial charge in [0, 0.05) is 23.4 Å². The van der Waals surface area contributed by atoms with Crippen LogP contribution >= 0.6 is 39.1 Å². The van der Waals surface area contributed by atoms with Crippen molar-refractivity contribution >= 4 is 45.0 Å². The Morgan fingerprint density at radius 3 is 2.75 bits per heavy atom. The smallest absolute Gasteiger partial charge is 0.255 e. The lowest BCUT2D eigenvalue weighted by Gasteiger charge is -2.19. The number of carbonyl (C=O) groups is 1. The molecule has 0 aliphatic carbocycles. The van der Waals surface area contributed by atoms with Gasteiger partial charge in [0.2, 0.25) is 0 Å². The van der Waals surface area contributed by atoms with E-state index >= 15 is 0 Å². The normalized spacial score (nSPS) is 12.3. The molecule has 0 saturated carbocycles. The summed E-state index contributed by atoms with van der Waals surface area (Å²) in [6, 6.07) is 5.19. The van der Waals surface area contributed by atoms with Gasteiger partial charge in [-0.25, -0.2) is 0 Å². The summed E-state index contributed by atoms with van der Waals surface area (Å²) < 4.78 is 0.826. The molecule has 0 spiro atoms. The van der Waals surface area contributed by atoms with Crippen LogP contribution in [-0.2, 0) is 0 Å². The first-order chi connectivity index (χ1) is 7.41. The van der Waals surface area contributed by atoms with Crippen LogP contribution in [0, 0.1) is 0 Å². The number of hydrogen-bond acceptors (Lipinski definition) is 1. The number of hydrogen-bond donors (Lipinski definition) is 0. The largest absolute Gasteiger partial charge is 0.340 e. The molecule has 0 radical (unpaired) electrons. The molecule has 0 aromatic heterocycles. The zero-order valence-electron chi connectivity index (χ0n) is 9.01. The van der Waals surface area contributed by atoms with Crippen molar-refractivity contribution in [1.82, 2.24) is 4.90 Å². The van der Waals surface area contributed by atoms with Gasteiger partial charge in [0.05, 0.1) is 10.6 Å². The number of benzene rings is 1. The molecule has 1 aromatic rings. The number of halogens is 3. The second-order valence-corrected chi connectivity index (χ2v) is 5.66. The molecular weight excluding hydrogens is 313 g/mol. The molecule has 1 atom stereocenters. The predicted octanol–water partition coefficient (Wildman–Crippen LogP) is 3.80. The van der Waals surface area contributed by atoms with E-state index < -0.39 is 0 Å². The molecule has 88 valence electrons. The average Bonchev–Trinajstić information content (AvgIpc) is 2.19. The standard InChI is InChI=1S/C11H12BrCl2NO/c1-7(13)6-15(2)11(16)9-5-8(12)3-4-10(9)14/h3-5,7H,6H2,1-2H3. The lowest BCUT2D eigenvalue weighted by Crippen LogP contribution is -2.31. The summed E-state index contributed by atoms with van der Waals surface area (Å²) in [6.07, 6.45) is 0. The van der Waals surface area contributed by atoms with E-state index in [9.17, 15) is 4.79 Å². The molecule has 16 heavy (non-hydrogen) atoms. The van der Waals surface area contributed by atoms with Crippen molar-refractivity contribution in [3.8, 4) is 0 Å². The van der Waals surface area contributed by atoms with Crippen LogP contribution < -0.4 is 0 Å². The van der Waals surface area contributed by atoms with Crippen LogP contribution in [0.25, 0.3) is 0 Å². The number of carbonyl (C=O) groups excluding carboxylic acids is 1. The van der Waals surface area contributed by atoms with E-state index in [2.05, 4.69) is 15.9 Å². The summed E-state index contributed by atoms with van der Waals surface area (Å²) in [5.74, 6) is -0.126. The van der Waals surface area contributed by atoms with Crippen LogP contribution in [0.3, 0.4) is 0 Å². The minimum Gasteiger partial charge on any atom is -0.340 e. The first-order valence-electron chi connectivity index (χ1n) is 4.76. The number of nitrogens with zero attached hydrogens (tertiary/aromatic N) is 1. The van der Waals surface area contributed by atoms with Gasteiger partial charge in [-0.15, -0.1) is 11.6 Å². The van der Waals surface area contributed by atoms with Crippen molar-refractivity contribution in [3.63, 3.8) is 0 Å². The fraction of sp³-hybridized carbons (Fsp3) is 0.364. The summed E-state index contributed by atoms with van der Waals surface area (Å²) in [4.78, 5) is 13.6. The average molecular weight is 325 g/mol. The molecule has 0 aliphatic heterocycles. The number of rotatable bonds is 3. The van der Waals surface area contributed by atoms with Crippen LogP contribution in [0.2, 0.25) is 5.02 Å². The Morgan fingerprint density at radius 2 is 2.19 bits per heavy atom. The van der Waals surface area contributed by atoms with Crippen LogP contribution in [0.4, 0.5) is 0 Å². The number of amides is 1. The predicted molar refractivity (Wildman–Crippen MR) is 71.4 cm³/mol. The Morgan fingerprint density at radius 1 is 1.56 bits per heavy atom. The summed E-state index contributed by atoms with van der Waals surface area (Å²) in [6.45, 7) is 2.33. The van der Waals surface area contributed by atoms with E-state index in [1.165, 1.54) is 0 Å². The SMILES string of the molecule is CC(Cl)CN(C)C(=O)c1cc(Br)ccc1Cl. The van der Waals surface area contributed by atoms with Gasteiger partial charge in [-0.1, -0.05) is 27.5 Å². The molecule has 0 bridgehead atoms. The molecule has 2 nitrogen and oxygen atoms in total. The molecule has 0 fully saturated rings. The Labute approximate surface area is 114 Å². The zero-order chi connectivity index (χ0) is 12.3. The fourth-order valence-corrected chi connectivity index (χ4v) is 2.09. The van der Waals surface area contributed by atoms with E-state index in [1.807, 2.05) is 6.92 Å². The first-order valence-corrected chi connectivity index (χ1v) is 6.37. The van der Waals surface area contributed by atoms with E-state index in [0.29, 0.717) is 17.1 Å². The maximum absolute atomic E-state index is 12.0. The summed E-state index contributed by atoms with van der Waals surface area (Å²) >= 11 is 15.1. The van der Waals surface area contributed by atoms with E-state index in [-0.39, 0.29) is 11.3 Å². The minimum absolute atomic E-state index is 0.0834. The molecular formula is C11H12BrCl2NO. The molecule has 0 heterocycles. The lowest BCUT2D eigenvalue weighted by molar-refractivity contribution is 0.0796. The van der Waals surface area contributed by atoms with Gasteiger partial charge >= 0.3 is 0 Å². The van der Waals surface area contributed by atoms with Crippen LogP contribution in [0.15, 0.2) is 22.7 Å². The van der Waals surface area contributed by atoms with Crippen molar-refractivity contribution in [2.45, 2.75) is 12.3 Å². The highest BCUT2D eigenvalue weighted by Gasteiger charge is 2.16. The Hall–Kier alpha value is -0.250. The van der Waals surface area contributed by atoms with Crippen LogP contribution in [0.1, 0.15) is 17.3 Å². The molecule has 1 unspecified atom stereocenters. The molecule has 1 rings (SSSR count). The van der Waals surface area contributed by atoms with Crippen molar-refractivity contribution in [1.29, 1.82) is 0 Å². The summed E-state index contributed by atoms with van der Waals surface area (Å²) in [5.41, 5.74) is 0.482. The van der Waals surface area contributed by atoms with E-state index in [1.54, 1.807) is 30.1 Å². The summed E-state index contributed by atoms with van der Waals surface area (Å²) in [7, 11) is 1.71. The molecule has 5 heteroatoms. The van der Waals surface area contributed by atoms with Gasteiger partial charge in [0.1, 0.15) is 0 Å². The quantitative estimate of drug-likeness (QED) is 0.774. The van der Waals surface area contributed by atoms with Crippen LogP contribution in [0.5, 0.6) is 0 Å². The highest BCUT2D eigenvalue weighted by molar-refractivity contribution is 9.10. The van der Waals surface area contributed by atoms with Gasteiger partial charge in [-0.05, 0) is 25.1 Å². The Balaban J connectivity index is 2.91. The molecule has 1 amide bonds. The third-order valence-corrected chi connectivity index (χ3v) is 2.99. The zero-order valence-corrected chi connectivity index (χ0v) is 12.1. The van der Waals surface area contributed by atoms with Crippen molar-refractivity contribution in [2.75, 3.05) is 13.6 Å². The van der Waals surface area contributed by atoms with Gasteiger partial charge in [-0.3, -0.25) is 4.79 Å². The molecule has 0 saturated heterocycles. The lowest BCUT2D eigenvalue weighted by atomic mass is 10.2. The molecule has 1 aromatic carbocycles. The second-order valence-electron chi connectivity index (χ2n) is 3.59. The summed E-state index contributed by atoms with van der Waals surface area (Å²) in [5, 5.41) is 0.363. The van der Waals surface area contributed by atoms with E-state index in [0.717, 1.165) is 4.47 Å². The van der Waals surface area contributed by atoms with Gasteiger partial charge in [-0.2, -0.15) is 0 Å². The van der Waals surface area contributed by atoms with Crippen molar-refractivity contribution in [2.24, 2.45) is 0 Å². The van der Waals surface area contributed by atoms with Crippen LogP contribution in [-0.4, -0.2) is 29.8 Å². The second kappa shape index (κ2) is 5.89. The Bertz CT molecular complexity index is 396. The highest BCUT2D eigenvalue weighted by Crippen LogP contribution is 2.22. The third-order valence-electron chi connectivity index (χ3n) is 2.03. The fourth-order valence-electron chi connectivity index (χ4n) is 1.33. The monoisotopic (exact) mass is 323 g/mol. The molecule has 0 N–H and O–H groups in total. The van der Waals surface area contributed by atoms with Crippen molar-refractivity contribution in [3.05, 3.63) is 33.3 Å². The van der Waals surface area contributed by atoms with Gasteiger partial charge < -0.3 is 4.90 Å². The topological polar surface area (TPSA) is 20.3 Å². The Kier molecular flexibility index (Phi) is 5.09. The van der Waals surface area contributed by atoms with E-state index in [4.69, 9.17) is 23.2 Å². The minimum atomic E-state index is -0.126. The number of alkyl halides is 1. The maximum Gasteiger partial charge on any atom is 0.255 e.